The Bertz CT molecular complexity index is 833. The number of carbonyl (C=O) groups excluding carboxylic acids is 2. The van der Waals surface area contributed by atoms with E-state index in [1.165, 1.54) is 43.3 Å². The molecule has 122 valence electrons. The van der Waals surface area contributed by atoms with Gasteiger partial charge in [0.25, 0.3) is 5.91 Å². The van der Waals surface area contributed by atoms with Crippen LogP contribution in [0.15, 0.2) is 42.5 Å². The predicted molar refractivity (Wildman–Crippen MR) is 86.1 cm³/mol. The van der Waals surface area contributed by atoms with Gasteiger partial charge in [-0.1, -0.05) is 17.7 Å². The molecule has 0 aliphatic heterocycles. The van der Waals surface area contributed by atoms with Crippen molar-refractivity contribution in [2.45, 2.75) is 13.0 Å². The van der Waals surface area contributed by atoms with E-state index in [4.69, 9.17) is 21.6 Å². The SMILES string of the molecule is C[C@H](OC(=O)c1cccc(C#N)c1)C(=O)Nc1ccc(Cl)cc1F. The maximum Gasteiger partial charge on any atom is 0.338 e. The number of nitriles is 1. The van der Waals surface area contributed by atoms with E-state index in [0.29, 0.717) is 5.56 Å². The fraction of sp³-hybridized carbons (Fsp3) is 0.118. The molecule has 0 unspecified atom stereocenters. The van der Waals surface area contributed by atoms with Gasteiger partial charge < -0.3 is 10.1 Å². The zero-order valence-electron chi connectivity index (χ0n) is 12.5. The average Bonchev–Trinajstić information content (AvgIpc) is 2.57. The van der Waals surface area contributed by atoms with Crippen molar-refractivity contribution in [3.8, 4) is 6.07 Å². The van der Waals surface area contributed by atoms with E-state index in [0.717, 1.165) is 6.07 Å². The van der Waals surface area contributed by atoms with E-state index in [1.807, 2.05) is 6.07 Å². The van der Waals surface area contributed by atoms with Crippen molar-refractivity contribution in [3.05, 3.63) is 64.4 Å². The zero-order valence-corrected chi connectivity index (χ0v) is 13.3. The molecule has 0 aliphatic rings. The smallest absolute Gasteiger partial charge is 0.338 e. The van der Waals surface area contributed by atoms with E-state index in [2.05, 4.69) is 5.32 Å². The van der Waals surface area contributed by atoms with Crippen molar-refractivity contribution in [2.24, 2.45) is 0 Å². The summed E-state index contributed by atoms with van der Waals surface area (Å²) in [4.78, 5) is 24.0. The molecule has 1 atom stereocenters. The van der Waals surface area contributed by atoms with Gasteiger partial charge in [-0.15, -0.1) is 0 Å². The van der Waals surface area contributed by atoms with Crippen LogP contribution in [0.5, 0.6) is 0 Å². The monoisotopic (exact) mass is 346 g/mol. The van der Waals surface area contributed by atoms with Gasteiger partial charge in [0.2, 0.25) is 0 Å². The van der Waals surface area contributed by atoms with Gasteiger partial charge in [0.15, 0.2) is 6.10 Å². The lowest BCUT2D eigenvalue weighted by Crippen LogP contribution is -2.30. The van der Waals surface area contributed by atoms with E-state index in [1.54, 1.807) is 0 Å². The Morgan fingerprint density at radius 2 is 2.04 bits per heavy atom. The molecule has 0 aromatic heterocycles. The van der Waals surface area contributed by atoms with E-state index < -0.39 is 23.8 Å². The van der Waals surface area contributed by atoms with Crippen molar-refractivity contribution in [2.75, 3.05) is 5.32 Å². The van der Waals surface area contributed by atoms with E-state index >= 15 is 0 Å². The first kappa shape index (κ1) is 17.4. The Morgan fingerprint density at radius 3 is 2.71 bits per heavy atom. The van der Waals surface area contributed by atoms with Crippen LogP contribution in [-0.2, 0) is 9.53 Å². The molecular weight excluding hydrogens is 335 g/mol. The summed E-state index contributed by atoms with van der Waals surface area (Å²) in [5, 5.41) is 11.3. The largest absolute Gasteiger partial charge is 0.449 e. The molecule has 0 radical (unpaired) electrons. The fourth-order valence-electron chi connectivity index (χ4n) is 1.82. The first-order valence-electron chi connectivity index (χ1n) is 6.88. The summed E-state index contributed by atoms with van der Waals surface area (Å²) in [6.45, 7) is 1.36. The molecule has 0 bridgehead atoms. The van der Waals surface area contributed by atoms with Gasteiger partial charge in [0.05, 0.1) is 22.9 Å². The summed E-state index contributed by atoms with van der Waals surface area (Å²) in [7, 11) is 0. The molecule has 0 spiro atoms. The molecule has 1 amide bonds. The highest BCUT2D eigenvalue weighted by Crippen LogP contribution is 2.19. The number of rotatable bonds is 4. The molecule has 5 nitrogen and oxygen atoms in total. The lowest BCUT2D eigenvalue weighted by atomic mass is 10.1. The molecule has 0 saturated heterocycles. The minimum atomic E-state index is -1.15. The molecule has 2 aromatic rings. The lowest BCUT2D eigenvalue weighted by Gasteiger charge is -2.14. The van der Waals surface area contributed by atoms with Crippen LogP contribution in [0.3, 0.4) is 0 Å². The third-order valence-corrected chi connectivity index (χ3v) is 3.30. The van der Waals surface area contributed by atoms with Gasteiger partial charge in [-0.2, -0.15) is 5.26 Å². The van der Waals surface area contributed by atoms with Crippen LogP contribution in [0.4, 0.5) is 10.1 Å². The number of carbonyl (C=O) groups is 2. The Balaban J connectivity index is 2.03. The van der Waals surface area contributed by atoms with Gasteiger partial charge >= 0.3 is 5.97 Å². The molecule has 0 heterocycles. The summed E-state index contributed by atoms with van der Waals surface area (Å²) >= 11 is 5.63. The number of amides is 1. The average molecular weight is 347 g/mol. The van der Waals surface area contributed by atoms with Gasteiger partial charge in [-0.25, -0.2) is 9.18 Å². The van der Waals surface area contributed by atoms with Crippen molar-refractivity contribution in [3.63, 3.8) is 0 Å². The highest BCUT2D eigenvalue weighted by Gasteiger charge is 2.20. The summed E-state index contributed by atoms with van der Waals surface area (Å²) in [5.74, 6) is -2.15. The number of hydrogen-bond acceptors (Lipinski definition) is 4. The van der Waals surface area contributed by atoms with Gasteiger partial charge in [-0.3, -0.25) is 4.79 Å². The van der Waals surface area contributed by atoms with Gasteiger partial charge in [0.1, 0.15) is 5.82 Å². The zero-order chi connectivity index (χ0) is 17.7. The summed E-state index contributed by atoms with van der Waals surface area (Å²) < 4.78 is 18.7. The normalized spacial score (nSPS) is 11.2. The Hall–Kier alpha value is -2.91. The Kier molecular flexibility index (Phi) is 5.51. The third kappa shape index (κ3) is 4.31. The number of benzene rings is 2. The molecule has 24 heavy (non-hydrogen) atoms. The quantitative estimate of drug-likeness (QED) is 0.859. The van der Waals surface area contributed by atoms with Crippen molar-refractivity contribution < 1.29 is 18.7 Å². The second kappa shape index (κ2) is 7.57. The fourth-order valence-corrected chi connectivity index (χ4v) is 1.98. The van der Waals surface area contributed by atoms with Crippen LogP contribution in [-0.4, -0.2) is 18.0 Å². The second-order valence-corrected chi connectivity index (χ2v) is 5.29. The molecular formula is C17H12ClFN2O3. The number of nitrogens with one attached hydrogen (secondary N) is 1. The standard InChI is InChI=1S/C17H12ClFN2O3/c1-10(16(22)21-15-6-5-13(18)8-14(15)19)24-17(23)12-4-2-3-11(7-12)9-20/h2-8,10H,1H3,(H,21,22)/t10-/m0/s1. The van der Waals surface area contributed by atoms with E-state index in [9.17, 15) is 14.0 Å². The van der Waals surface area contributed by atoms with Crippen molar-refractivity contribution in [1.29, 1.82) is 5.26 Å². The van der Waals surface area contributed by atoms with Crippen molar-refractivity contribution in [1.82, 2.24) is 0 Å². The number of anilines is 1. The van der Waals surface area contributed by atoms with Gasteiger partial charge in [0, 0.05) is 5.02 Å². The van der Waals surface area contributed by atoms with Crippen LogP contribution in [0.1, 0.15) is 22.8 Å². The highest BCUT2D eigenvalue weighted by atomic mass is 35.5. The summed E-state index contributed by atoms with van der Waals surface area (Å²) in [6, 6.07) is 11.6. The van der Waals surface area contributed by atoms with Crippen molar-refractivity contribution >= 4 is 29.2 Å². The molecule has 0 aliphatic carbocycles. The second-order valence-electron chi connectivity index (χ2n) is 4.85. The van der Waals surface area contributed by atoms with Crippen LogP contribution in [0, 0.1) is 17.1 Å². The Labute approximate surface area is 142 Å². The molecule has 2 rings (SSSR count). The lowest BCUT2D eigenvalue weighted by molar-refractivity contribution is -0.123. The number of ether oxygens (including phenoxy) is 1. The maximum absolute atomic E-state index is 13.6. The topological polar surface area (TPSA) is 79.2 Å². The summed E-state index contributed by atoms with van der Waals surface area (Å²) in [6.07, 6.45) is -1.15. The predicted octanol–water partition coefficient (Wildman–Crippen LogP) is 3.53. The minimum absolute atomic E-state index is 0.0706. The maximum atomic E-state index is 13.6. The molecule has 2 aromatic carbocycles. The van der Waals surface area contributed by atoms with Crippen LogP contribution >= 0.6 is 11.6 Å². The van der Waals surface area contributed by atoms with Crippen LogP contribution < -0.4 is 5.32 Å². The molecule has 7 heteroatoms. The minimum Gasteiger partial charge on any atom is -0.449 e. The number of nitrogens with zero attached hydrogens (tertiary/aromatic N) is 1. The van der Waals surface area contributed by atoms with Crippen LogP contribution in [0.2, 0.25) is 5.02 Å². The summed E-state index contributed by atoms with van der Waals surface area (Å²) in [5.41, 5.74) is 0.370. The third-order valence-electron chi connectivity index (χ3n) is 3.07. The number of hydrogen-bond donors (Lipinski definition) is 1. The highest BCUT2D eigenvalue weighted by molar-refractivity contribution is 6.30. The Morgan fingerprint density at radius 1 is 1.29 bits per heavy atom. The number of halogens is 2. The van der Waals surface area contributed by atoms with E-state index in [-0.39, 0.29) is 16.3 Å². The molecule has 0 saturated carbocycles. The number of esters is 1. The van der Waals surface area contributed by atoms with Crippen LogP contribution in [0.25, 0.3) is 0 Å². The van der Waals surface area contributed by atoms with Gasteiger partial charge in [-0.05, 0) is 43.3 Å². The first-order chi connectivity index (χ1) is 11.4. The molecule has 0 fully saturated rings. The first-order valence-corrected chi connectivity index (χ1v) is 7.25. The molecule has 1 N–H and O–H groups in total.